The molecule has 8 nitrogen and oxygen atoms in total. The van der Waals surface area contributed by atoms with Crippen LogP contribution in [-0.4, -0.2) is 33.0 Å². The molecule has 138 valence electrons. The summed E-state index contributed by atoms with van der Waals surface area (Å²) in [6.45, 7) is 4.10. The maximum atomic E-state index is 13.8. The smallest absolute Gasteiger partial charge is 0.267 e. The Morgan fingerprint density at radius 1 is 1.35 bits per heavy atom. The van der Waals surface area contributed by atoms with E-state index in [1.165, 1.54) is 29.3 Å². The molecule has 0 saturated carbocycles. The van der Waals surface area contributed by atoms with Gasteiger partial charge in [-0.3, -0.25) is 4.68 Å². The van der Waals surface area contributed by atoms with Crippen molar-refractivity contribution in [1.29, 1.82) is 0 Å². The molecule has 0 radical (unpaired) electrons. The maximum Gasteiger partial charge on any atom is 0.267 e. The molecule has 26 heavy (non-hydrogen) atoms. The first-order valence-electron chi connectivity index (χ1n) is 7.69. The van der Waals surface area contributed by atoms with Gasteiger partial charge in [0.2, 0.25) is 0 Å². The molecule has 0 fully saturated rings. The fraction of sp³-hybridized carbons (Fsp3) is 0.267. The number of anilines is 1. The third-order valence-electron chi connectivity index (χ3n) is 3.79. The van der Waals surface area contributed by atoms with Crippen molar-refractivity contribution in [3.8, 4) is 0 Å². The van der Waals surface area contributed by atoms with Crippen LogP contribution < -0.4 is 4.72 Å². The number of sulfonamides is 1. The van der Waals surface area contributed by atoms with E-state index in [-0.39, 0.29) is 28.0 Å². The van der Waals surface area contributed by atoms with E-state index in [1.807, 2.05) is 6.92 Å². The van der Waals surface area contributed by atoms with Gasteiger partial charge in [-0.2, -0.15) is 10.1 Å². The van der Waals surface area contributed by atoms with E-state index in [0.29, 0.717) is 12.2 Å². The molecule has 1 aromatic carbocycles. The maximum absolute atomic E-state index is 13.8. The topological polar surface area (TPSA) is 94.7 Å². The Labute approximate surface area is 154 Å². The van der Waals surface area contributed by atoms with Crippen molar-refractivity contribution in [2.24, 2.45) is 0 Å². The van der Waals surface area contributed by atoms with E-state index in [4.69, 9.17) is 11.6 Å². The van der Waals surface area contributed by atoms with Gasteiger partial charge in [0, 0.05) is 17.1 Å². The average molecular weight is 399 g/mol. The Bertz CT molecular complexity index is 1030. The van der Waals surface area contributed by atoms with Gasteiger partial charge >= 0.3 is 0 Å². The van der Waals surface area contributed by atoms with Crippen LogP contribution in [0.1, 0.15) is 18.2 Å². The summed E-state index contributed by atoms with van der Waals surface area (Å²) in [4.78, 5) is 3.96. The van der Waals surface area contributed by atoms with E-state index in [9.17, 15) is 12.8 Å². The largest absolute Gasteiger partial charge is 0.269 e. The van der Waals surface area contributed by atoms with E-state index >= 15 is 0 Å². The number of rotatable bonds is 6. The second kappa shape index (κ2) is 7.04. The molecule has 0 spiro atoms. The molecule has 0 unspecified atom stereocenters. The van der Waals surface area contributed by atoms with Gasteiger partial charge in [0.1, 0.15) is 17.0 Å². The molecule has 0 bridgehead atoms. The molecule has 0 aliphatic carbocycles. The quantitative estimate of drug-likeness (QED) is 0.688. The molecule has 0 atom stereocenters. The SMILES string of the molecule is CCn1ncc(S(=O)(=O)Nc2ncn(Cc3c(F)cccc3Cl)n2)c1C. The Morgan fingerprint density at radius 2 is 2.12 bits per heavy atom. The summed E-state index contributed by atoms with van der Waals surface area (Å²) in [5.74, 6) is -0.598. The lowest BCUT2D eigenvalue weighted by Gasteiger charge is -2.06. The minimum atomic E-state index is -3.88. The van der Waals surface area contributed by atoms with Gasteiger partial charge in [0.15, 0.2) is 0 Å². The zero-order valence-electron chi connectivity index (χ0n) is 14.0. The van der Waals surface area contributed by atoms with E-state index in [2.05, 4.69) is 19.9 Å². The van der Waals surface area contributed by atoms with Crippen LogP contribution in [0.3, 0.4) is 0 Å². The molecule has 2 heterocycles. The van der Waals surface area contributed by atoms with Gasteiger partial charge in [0.25, 0.3) is 16.0 Å². The van der Waals surface area contributed by atoms with Crippen LogP contribution >= 0.6 is 11.6 Å². The summed E-state index contributed by atoms with van der Waals surface area (Å²) in [6.07, 6.45) is 2.57. The molecule has 11 heteroatoms. The van der Waals surface area contributed by atoms with Gasteiger partial charge in [0.05, 0.1) is 18.4 Å². The number of nitrogens with one attached hydrogen (secondary N) is 1. The molecule has 3 rings (SSSR count). The lowest BCUT2D eigenvalue weighted by molar-refractivity contribution is 0.584. The number of hydrogen-bond donors (Lipinski definition) is 1. The summed E-state index contributed by atoms with van der Waals surface area (Å²) >= 11 is 5.98. The van der Waals surface area contributed by atoms with Crippen LogP contribution in [-0.2, 0) is 23.1 Å². The van der Waals surface area contributed by atoms with Crippen LogP contribution in [0.15, 0.2) is 35.6 Å². The number of halogens is 2. The lowest BCUT2D eigenvalue weighted by Crippen LogP contribution is -2.15. The van der Waals surface area contributed by atoms with Crippen LogP contribution in [0.5, 0.6) is 0 Å². The van der Waals surface area contributed by atoms with Crippen molar-refractivity contribution in [1.82, 2.24) is 24.5 Å². The standard InChI is InChI=1S/C15H16ClFN6O2S/c1-3-23-10(2)14(7-19-23)26(24,25)21-15-18-9-22(20-15)8-11-12(16)5-4-6-13(11)17/h4-7,9H,3,8H2,1-2H3,(H,20,21). The van der Waals surface area contributed by atoms with Crippen LogP contribution in [0.2, 0.25) is 5.02 Å². The molecular formula is C15H16ClFN6O2S. The van der Waals surface area contributed by atoms with Gasteiger partial charge in [-0.15, -0.1) is 5.10 Å². The summed E-state index contributed by atoms with van der Waals surface area (Å²) < 4.78 is 44.0. The van der Waals surface area contributed by atoms with Crippen molar-refractivity contribution >= 4 is 27.6 Å². The summed E-state index contributed by atoms with van der Waals surface area (Å²) in [5, 5.41) is 8.29. The second-order valence-electron chi connectivity index (χ2n) is 5.48. The monoisotopic (exact) mass is 398 g/mol. The van der Waals surface area contributed by atoms with E-state index in [1.54, 1.807) is 17.7 Å². The van der Waals surface area contributed by atoms with Crippen molar-refractivity contribution < 1.29 is 12.8 Å². The Morgan fingerprint density at radius 3 is 2.77 bits per heavy atom. The number of aromatic nitrogens is 5. The van der Waals surface area contributed by atoms with Gasteiger partial charge < -0.3 is 0 Å². The predicted molar refractivity (Wildman–Crippen MR) is 94.0 cm³/mol. The van der Waals surface area contributed by atoms with Crippen LogP contribution in [0.4, 0.5) is 10.3 Å². The predicted octanol–water partition coefficient (Wildman–Crippen LogP) is 2.44. The number of aryl methyl sites for hydroxylation is 1. The minimum absolute atomic E-state index is 0.0209. The van der Waals surface area contributed by atoms with Gasteiger partial charge in [-0.25, -0.2) is 22.2 Å². The zero-order chi connectivity index (χ0) is 18.9. The molecule has 0 saturated heterocycles. The molecule has 0 aliphatic rings. The van der Waals surface area contributed by atoms with Crippen molar-refractivity contribution in [2.75, 3.05) is 4.72 Å². The molecule has 1 N–H and O–H groups in total. The molecule has 0 amide bonds. The third kappa shape index (κ3) is 3.56. The van der Waals surface area contributed by atoms with E-state index in [0.717, 1.165) is 0 Å². The fourth-order valence-corrected chi connectivity index (χ4v) is 3.80. The first kappa shape index (κ1) is 18.3. The van der Waals surface area contributed by atoms with E-state index < -0.39 is 15.8 Å². The zero-order valence-corrected chi connectivity index (χ0v) is 15.6. The molecular weight excluding hydrogens is 383 g/mol. The van der Waals surface area contributed by atoms with Crippen LogP contribution in [0.25, 0.3) is 0 Å². The fourth-order valence-electron chi connectivity index (χ4n) is 2.45. The van der Waals surface area contributed by atoms with Gasteiger partial charge in [-0.05, 0) is 26.0 Å². The molecule has 2 aromatic heterocycles. The Kier molecular flexibility index (Phi) is 4.97. The Hall–Kier alpha value is -2.46. The number of nitrogens with zero attached hydrogens (tertiary/aromatic N) is 5. The highest BCUT2D eigenvalue weighted by atomic mass is 35.5. The summed E-state index contributed by atoms with van der Waals surface area (Å²) in [5.41, 5.74) is 0.756. The molecule has 0 aliphatic heterocycles. The lowest BCUT2D eigenvalue weighted by atomic mass is 10.2. The highest BCUT2D eigenvalue weighted by Gasteiger charge is 2.22. The first-order chi connectivity index (χ1) is 12.3. The normalized spacial score (nSPS) is 11.7. The summed E-state index contributed by atoms with van der Waals surface area (Å²) in [7, 11) is -3.88. The summed E-state index contributed by atoms with van der Waals surface area (Å²) in [6, 6.07) is 4.35. The van der Waals surface area contributed by atoms with Gasteiger partial charge in [-0.1, -0.05) is 17.7 Å². The average Bonchev–Trinajstić information content (AvgIpc) is 3.17. The first-order valence-corrected chi connectivity index (χ1v) is 9.55. The van der Waals surface area contributed by atoms with Crippen molar-refractivity contribution in [2.45, 2.75) is 31.8 Å². The minimum Gasteiger partial charge on any atom is -0.269 e. The van der Waals surface area contributed by atoms with Crippen LogP contribution in [0, 0.1) is 12.7 Å². The Balaban J connectivity index is 1.81. The highest BCUT2D eigenvalue weighted by Crippen LogP contribution is 2.20. The highest BCUT2D eigenvalue weighted by molar-refractivity contribution is 7.92. The number of benzene rings is 1. The second-order valence-corrected chi connectivity index (χ2v) is 7.54. The number of hydrogen-bond acceptors (Lipinski definition) is 5. The van der Waals surface area contributed by atoms with Crippen molar-refractivity contribution in [3.63, 3.8) is 0 Å². The molecule has 3 aromatic rings. The van der Waals surface area contributed by atoms with Crippen molar-refractivity contribution in [3.05, 3.63) is 52.8 Å². The third-order valence-corrected chi connectivity index (χ3v) is 5.58.